The Balaban J connectivity index is 1.49. The second-order valence-electron chi connectivity index (χ2n) is 6.58. The predicted molar refractivity (Wildman–Crippen MR) is 105 cm³/mol. The van der Waals surface area contributed by atoms with Crippen molar-refractivity contribution in [2.45, 2.75) is 24.6 Å². The second kappa shape index (κ2) is 9.32. The lowest BCUT2D eigenvalue weighted by Gasteiger charge is -2.15. The highest BCUT2D eigenvalue weighted by Crippen LogP contribution is 2.23. The lowest BCUT2D eigenvalue weighted by atomic mass is 10.1. The number of anilines is 1. The fourth-order valence-electron chi connectivity index (χ4n) is 2.91. The number of ether oxygens (including phenoxy) is 1. The Morgan fingerprint density at radius 2 is 1.82 bits per heavy atom. The van der Waals surface area contributed by atoms with Gasteiger partial charge in [-0.15, -0.1) is 0 Å². The third kappa shape index (κ3) is 5.29. The van der Waals surface area contributed by atoms with Crippen LogP contribution >= 0.6 is 0 Å². The van der Waals surface area contributed by atoms with Gasteiger partial charge in [-0.1, -0.05) is 18.2 Å². The minimum absolute atomic E-state index is 0.139. The summed E-state index contributed by atoms with van der Waals surface area (Å²) in [6.45, 7) is 0.310. The molecule has 3 atom stereocenters. The molecule has 28 heavy (non-hydrogen) atoms. The van der Waals surface area contributed by atoms with Crippen LogP contribution in [0.1, 0.15) is 6.42 Å². The van der Waals surface area contributed by atoms with Crippen molar-refractivity contribution in [3.05, 3.63) is 54.6 Å². The minimum Gasteiger partial charge on any atom is -0.457 e. The van der Waals surface area contributed by atoms with E-state index in [4.69, 9.17) is 10.5 Å². The predicted octanol–water partition coefficient (Wildman–Crippen LogP) is 0.584. The Hall–Kier alpha value is -2.94. The van der Waals surface area contributed by atoms with Gasteiger partial charge in [0.2, 0.25) is 11.8 Å². The first-order valence-corrected chi connectivity index (χ1v) is 9.11. The van der Waals surface area contributed by atoms with Gasteiger partial charge in [-0.25, -0.2) is 0 Å². The summed E-state index contributed by atoms with van der Waals surface area (Å²) in [5.74, 6) is 0.698. The van der Waals surface area contributed by atoms with Crippen LogP contribution in [0.25, 0.3) is 0 Å². The van der Waals surface area contributed by atoms with E-state index in [-0.39, 0.29) is 18.5 Å². The quantitative estimate of drug-likeness (QED) is 0.476. The third-order valence-electron chi connectivity index (χ3n) is 4.42. The Morgan fingerprint density at radius 1 is 1.14 bits per heavy atom. The van der Waals surface area contributed by atoms with E-state index in [1.54, 1.807) is 24.3 Å². The summed E-state index contributed by atoms with van der Waals surface area (Å²) in [6, 6.07) is 15.9. The molecule has 1 fully saturated rings. The van der Waals surface area contributed by atoms with E-state index in [0.29, 0.717) is 24.4 Å². The number of hydrogen-bond donors (Lipinski definition) is 5. The molecule has 1 aliphatic rings. The Kier molecular flexibility index (Phi) is 6.59. The zero-order valence-corrected chi connectivity index (χ0v) is 15.3. The molecule has 0 bridgehead atoms. The monoisotopic (exact) mass is 384 g/mol. The number of hydrogen-bond acceptors (Lipinski definition) is 6. The normalized spacial score (nSPS) is 19.6. The fourth-order valence-corrected chi connectivity index (χ4v) is 2.91. The molecule has 3 rings (SSSR count). The van der Waals surface area contributed by atoms with Crippen LogP contribution in [0.3, 0.4) is 0 Å². The van der Waals surface area contributed by atoms with Gasteiger partial charge in [0.25, 0.3) is 0 Å². The van der Waals surface area contributed by atoms with Crippen molar-refractivity contribution >= 4 is 17.5 Å². The van der Waals surface area contributed by atoms with Crippen molar-refractivity contribution in [3.63, 3.8) is 0 Å². The number of carbonyl (C=O) groups excluding carboxylic acids is 2. The SMILES string of the molecule is NC[C@H](O)C(=O)N[C@@H]1CN[C@@H](C(=O)Nc2ccc(Oc3ccccc3)cc2)C1. The molecular formula is C20H24N4O4. The Labute approximate surface area is 163 Å². The highest BCUT2D eigenvalue weighted by molar-refractivity contribution is 5.95. The van der Waals surface area contributed by atoms with E-state index in [2.05, 4.69) is 16.0 Å². The van der Waals surface area contributed by atoms with Gasteiger partial charge in [-0.2, -0.15) is 0 Å². The van der Waals surface area contributed by atoms with Crippen LogP contribution in [0.4, 0.5) is 5.69 Å². The molecule has 1 aliphatic heterocycles. The van der Waals surface area contributed by atoms with Gasteiger partial charge >= 0.3 is 0 Å². The molecular weight excluding hydrogens is 360 g/mol. The summed E-state index contributed by atoms with van der Waals surface area (Å²) in [7, 11) is 0. The van der Waals surface area contributed by atoms with E-state index in [1.807, 2.05) is 30.3 Å². The van der Waals surface area contributed by atoms with Crippen molar-refractivity contribution in [1.82, 2.24) is 10.6 Å². The number of rotatable bonds is 7. The summed E-state index contributed by atoms with van der Waals surface area (Å²) in [4.78, 5) is 24.1. The molecule has 148 valence electrons. The summed E-state index contributed by atoms with van der Waals surface area (Å²) >= 11 is 0. The molecule has 0 aliphatic carbocycles. The topological polar surface area (TPSA) is 126 Å². The largest absolute Gasteiger partial charge is 0.457 e. The lowest BCUT2D eigenvalue weighted by Crippen LogP contribution is -2.45. The second-order valence-corrected chi connectivity index (χ2v) is 6.58. The minimum atomic E-state index is -1.23. The number of nitrogens with two attached hydrogens (primary N) is 1. The highest BCUT2D eigenvalue weighted by Gasteiger charge is 2.31. The van der Waals surface area contributed by atoms with Gasteiger partial charge < -0.3 is 31.5 Å². The molecule has 2 aromatic carbocycles. The molecule has 1 heterocycles. The van der Waals surface area contributed by atoms with Crippen LogP contribution in [-0.4, -0.2) is 48.2 Å². The maximum atomic E-state index is 12.4. The summed E-state index contributed by atoms with van der Waals surface area (Å²) < 4.78 is 5.72. The molecule has 2 amide bonds. The number of benzene rings is 2. The van der Waals surface area contributed by atoms with E-state index in [9.17, 15) is 14.7 Å². The van der Waals surface area contributed by atoms with Crippen molar-refractivity contribution < 1.29 is 19.4 Å². The van der Waals surface area contributed by atoms with Crippen LogP contribution in [0.15, 0.2) is 54.6 Å². The van der Waals surface area contributed by atoms with E-state index < -0.39 is 18.1 Å². The van der Waals surface area contributed by atoms with Gasteiger partial charge in [0, 0.05) is 24.8 Å². The maximum Gasteiger partial charge on any atom is 0.250 e. The van der Waals surface area contributed by atoms with Gasteiger partial charge in [-0.05, 0) is 42.8 Å². The summed E-state index contributed by atoms with van der Waals surface area (Å²) in [5.41, 5.74) is 5.91. The van der Waals surface area contributed by atoms with Gasteiger partial charge in [-0.3, -0.25) is 9.59 Å². The van der Waals surface area contributed by atoms with Gasteiger partial charge in [0.15, 0.2) is 0 Å². The molecule has 0 spiro atoms. The maximum absolute atomic E-state index is 12.4. The summed E-state index contributed by atoms with van der Waals surface area (Å²) in [5, 5.41) is 18.0. The fraction of sp³-hybridized carbons (Fsp3) is 0.300. The molecule has 0 saturated carbocycles. The number of aliphatic hydroxyl groups excluding tert-OH is 1. The van der Waals surface area contributed by atoms with Crippen molar-refractivity contribution in [2.75, 3.05) is 18.4 Å². The highest BCUT2D eigenvalue weighted by atomic mass is 16.5. The zero-order valence-electron chi connectivity index (χ0n) is 15.3. The molecule has 6 N–H and O–H groups in total. The first kappa shape index (κ1) is 19.8. The molecule has 8 heteroatoms. The zero-order chi connectivity index (χ0) is 19.9. The van der Waals surface area contributed by atoms with Crippen LogP contribution in [0.5, 0.6) is 11.5 Å². The van der Waals surface area contributed by atoms with E-state index in [1.165, 1.54) is 0 Å². The van der Waals surface area contributed by atoms with Crippen LogP contribution in [0.2, 0.25) is 0 Å². The van der Waals surface area contributed by atoms with E-state index >= 15 is 0 Å². The average Bonchev–Trinajstić information content (AvgIpc) is 3.18. The summed E-state index contributed by atoms with van der Waals surface area (Å²) in [6.07, 6.45) is -0.797. The van der Waals surface area contributed by atoms with Crippen molar-refractivity contribution in [2.24, 2.45) is 5.73 Å². The standard InChI is InChI=1S/C20H24N4O4/c21-11-18(25)20(27)24-14-10-17(22-12-14)19(26)23-13-6-8-16(9-7-13)28-15-4-2-1-3-5-15/h1-9,14,17-18,22,25H,10-12,21H2,(H,23,26)(H,24,27)/t14-,17+,18-/m0/s1. The first-order chi connectivity index (χ1) is 13.5. The first-order valence-electron chi connectivity index (χ1n) is 9.11. The molecule has 0 unspecified atom stereocenters. The smallest absolute Gasteiger partial charge is 0.250 e. The number of carbonyl (C=O) groups is 2. The number of para-hydroxylation sites is 1. The van der Waals surface area contributed by atoms with Gasteiger partial charge in [0.05, 0.1) is 6.04 Å². The van der Waals surface area contributed by atoms with E-state index in [0.717, 1.165) is 5.75 Å². The Bertz CT molecular complexity index is 798. The number of amides is 2. The average molecular weight is 384 g/mol. The van der Waals surface area contributed by atoms with Gasteiger partial charge in [0.1, 0.15) is 17.6 Å². The van der Waals surface area contributed by atoms with Crippen LogP contribution in [0, 0.1) is 0 Å². The van der Waals surface area contributed by atoms with Crippen LogP contribution < -0.4 is 26.4 Å². The van der Waals surface area contributed by atoms with Crippen molar-refractivity contribution in [3.8, 4) is 11.5 Å². The van der Waals surface area contributed by atoms with Crippen molar-refractivity contribution in [1.29, 1.82) is 0 Å². The molecule has 2 aromatic rings. The molecule has 1 saturated heterocycles. The third-order valence-corrected chi connectivity index (χ3v) is 4.42. The molecule has 8 nitrogen and oxygen atoms in total. The van der Waals surface area contributed by atoms with Crippen LogP contribution in [-0.2, 0) is 9.59 Å². The number of aliphatic hydroxyl groups is 1. The molecule has 0 radical (unpaired) electrons. The molecule has 0 aromatic heterocycles. The number of nitrogens with one attached hydrogen (secondary N) is 3. The lowest BCUT2D eigenvalue weighted by molar-refractivity contribution is -0.129. The Morgan fingerprint density at radius 3 is 2.50 bits per heavy atom.